The molecule has 8 heteroatoms. The Labute approximate surface area is 162 Å². The van der Waals surface area contributed by atoms with Gasteiger partial charge in [-0.1, -0.05) is 35.0 Å². The molecule has 1 aliphatic heterocycles. The number of amides is 1. The van der Waals surface area contributed by atoms with Crippen molar-refractivity contribution in [1.29, 1.82) is 0 Å². The average Bonchev–Trinajstić information content (AvgIpc) is 3.07. The molecule has 1 fully saturated rings. The number of aromatic nitrogens is 5. The summed E-state index contributed by atoms with van der Waals surface area (Å²) in [5, 5.41) is 8.09. The van der Waals surface area contributed by atoms with E-state index in [2.05, 4.69) is 20.3 Å². The van der Waals surface area contributed by atoms with Crippen LogP contribution in [0.25, 0.3) is 11.2 Å². The summed E-state index contributed by atoms with van der Waals surface area (Å²) in [6.45, 7) is 5.86. The number of rotatable bonds is 4. The first kappa shape index (κ1) is 18.3. The number of nitrogens with one attached hydrogen (secondary N) is 1. The highest BCUT2D eigenvalue weighted by Crippen LogP contribution is 2.20. The second kappa shape index (κ2) is 7.53. The molecular weight excluding hydrogens is 356 g/mol. The second-order valence-electron chi connectivity index (χ2n) is 7.61. The third kappa shape index (κ3) is 3.81. The molecule has 0 unspecified atom stereocenters. The number of aryl methyl sites for hydroxylation is 2. The van der Waals surface area contributed by atoms with Gasteiger partial charge in [0.1, 0.15) is 5.82 Å². The van der Waals surface area contributed by atoms with E-state index in [4.69, 9.17) is 0 Å². The number of nitrogens with zero attached hydrogens (tertiary/aromatic N) is 5. The Balaban J connectivity index is 1.45. The summed E-state index contributed by atoms with van der Waals surface area (Å²) < 4.78 is 1.69. The largest absolute Gasteiger partial charge is 0.342 e. The predicted molar refractivity (Wildman–Crippen MR) is 105 cm³/mol. The zero-order chi connectivity index (χ0) is 19.7. The van der Waals surface area contributed by atoms with Crippen LogP contribution in [0.4, 0.5) is 0 Å². The monoisotopic (exact) mass is 380 g/mol. The van der Waals surface area contributed by atoms with Gasteiger partial charge in [0.15, 0.2) is 11.2 Å². The van der Waals surface area contributed by atoms with Crippen molar-refractivity contribution < 1.29 is 4.79 Å². The lowest BCUT2D eigenvalue weighted by molar-refractivity contribution is -0.132. The molecule has 4 rings (SSSR count). The lowest BCUT2D eigenvalue weighted by Gasteiger charge is -2.32. The van der Waals surface area contributed by atoms with E-state index < -0.39 is 0 Å². The maximum atomic E-state index is 12.7. The van der Waals surface area contributed by atoms with Crippen molar-refractivity contribution in [2.24, 2.45) is 5.92 Å². The Bertz CT molecular complexity index is 1050. The van der Waals surface area contributed by atoms with Crippen LogP contribution in [-0.2, 0) is 17.8 Å². The molecule has 1 amide bonds. The van der Waals surface area contributed by atoms with Gasteiger partial charge in [-0.25, -0.2) is 9.67 Å². The van der Waals surface area contributed by atoms with E-state index >= 15 is 0 Å². The van der Waals surface area contributed by atoms with E-state index in [9.17, 15) is 9.59 Å². The van der Waals surface area contributed by atoms with Crippen LogP contribution in [0.5, 0.6) is 0 Å². The van der Waals surface area contributed by atoms with Gasteiger partial charge in [-0.2, -0.15) is 0 Å². The number of piperidine rings is 1. The van der Waals surface area contributed by atoms with Gasteiger partial charge in [-0.15, -0.1) is 5.10 Å². The maximum absolute atomic E-state index is 12.7. The van der Waals surface area contributed by atoms with Crippen LogP contribution in [0.15, 0.2) is 29.1 Å². The van der Waals surface area contributed by atoms with E-state index in [1.165, 1.54) is 5.56 Å². The Morgan fingerprint density at radius 3 is 2.82 bits per heavy atom. The molecule has 0 aliphatic carbocycles. The molecule has 1 aliphatic rings. The number of aromatic amines is 1. The number of H-pyrrole nitrogens is 1. The standard InChI is InChI=1S/C20H24N6O2/c1-13-5-7-15(8-6-13)10-17(27)25-9-3-4-16(11-25)12-26-19-18(23-24-26)20(28)22-14(2)21-19/h5-8,16H,3-4,9-12H2,1-2H3,(H,21,22,28)/t16-/m1/s1. The van der Waals surface area contributed by atoms with Gasteiger partial charge in [0.05, 0.1) is 6.42 Å². The Hall–Kier alpha value is -3.03. The van der Waals surface area contributed by atoms with Crippen molar-refractivity contribution >= 4 is 17.1 Å². The Kier molecular flexibility index (Phi) is 4.93. The van der Waals surface area contributed by atoms with Crippen molar-refractivity contribution in [1.82, 2.24) is 29.9 Å². The molecule has 146 valence electrons. The number of hydrogen-bond acceptors (Lipinski definition) is 5. The van der Waals surface area contributed by atoms with Crippen LogP contribution in [-0.4, -0.2) is 48.9 Å². The van der Waals surface area contributed by atoms with Crippen molar-refractivity contribution in [3.8, 4) is 0 Å². The SMILES string of the molecule is Cc1ccc(CC(=O)N2CCC[C@@H](Cn3nnc4c(=O)[nH]c(C)nc43)C2)cc1. The van der Waals surface area contributed by atoms with E-state index in [0.29, 0.717) is 31.0 Å². The molecule has 28 heavy (non-hydrogen) atoms. The summed E-state index contributed by atoms with van der Waals surface area (Å²) in [4.78, 5) is 33.7. The van der Waals surface area contributed by atoms with E-state index in [-0.39, 0.29) is 22.9 Å². The van der Waals surface area contributed by atoms with Gasteiger partial charge in [0.2, 0.25) is 5.91 Å². The van der Waals surface area contributed by atoms with E-state index in [1.54, 1.807) is 11.6 Å². The molecule has 0 bridgehead atoms. The van der Waals surface area contributed by atoms with Gasteiger partial charge in [-0.3, -0.25) is 9.59 Å². The lowest BCUT2D eigenvalue weighted by atomic mass is 9.97. The Morgan fingerprint density at radius 2 is 2.04 bits per heavy atom. The Morgan fingerprint density at radius 1 is 1.25 bits per heavy atom. The number of benzene rings is 1. The molecule has 0 radical (unpaired) electrons. The van der Waals surface area contributed by atoms with E-state index in [1.807, 2.05) is 36.1 Å². The van der Waals surface area contributed by atoms with Crippen molar-refractivity contribution in [3.05, 3.63) is 51.6 Å². The van der Waals surface area contributed by atoms with Crippen molar-refractivity contribution in [2.75, 3.05) is 13.1 Å². The highest BCUT2D eigenvalue weighted by atomic mass is 16.2. The van der Waals surface area contributed by atoms with Crippen molar-refractivity contribution in [3.63, 3.8) is 0 Å². The summed E-state index contributed by atoms with van der Waals surface area (Å²) in [6, 6.07) is 8.10. The van der Waals surface area contributed by atoms with Crippen molar-refractivity contribution in [2.45, 2.75) is 39.7 Å². The second-order valence-corrected chi connectivity index (χ2v) is 7.61. The molecule has 8 nitrogen and oxygen atoms in total. The predicted octanol–water partition coefficient (Wildman–Crippen LogP) is 1.61. The number of carbonyl (C=O) groups is 1. The molecular formula is C20H24N6O2. The first-order valence-electron chi connectivity index (χ1n) is 9.63. The minimum atomic E-state index is -0.271. The normalized spacial score (nSPS) is 17.2. The summed E-state index contributed by atoms with van der Waals surface area (Å²) in [7, 11) is 0. The summed E-state index contributed by atoms with van der Waals surface area (Å²) in [5.74, 6) is 0.962. The quantitative estimate of drug-likeness (QED) is 0.742. The van der Waals surface area contributed by atoms with Gasteiger partial charge >= 0.3 is 0 Å². The summed E-state index contributed by atoms with van der Waals surface area (Å²) in [6.07, 6.45) is 2.40. The van der Waals surface area contributed by atoms with Crippen LogP contribution in [0.2, 0.25) is 0 Å². The number of fused-ring (bicyclic) bond motifs is 1. The average molecular weight is 380 g/mol. The zero-order valence-electron chi connectivity index (χ0n) is 16.2. The summed E-state index contributed by atoms with van der Waals surface area (Å²) in [5.41, 5.74) is 2.72. The highest BCUT2D eigenvalue weighted by Gasteiger charge is 2.25. The lowest BCUT2D eigenvalue weighted by Crippen LogP contribution is -2.42. The van der Waals surface area contributed by atoms with E-state index in [0.717, 1.165) is 24.9 Å². The smallest absolute Gasteiger partial charge is 0.281 e. The van der Waals surface area contributed by atoms with Gasteiger partial charge in [0, 0.05) is 19.6 Å². The molecule has 1 atom stereocenters. The molecule has 1 aromatic carbocycles. The maximum Gasteiger partial charge on any atom is 0.281 e. The third-order valence-electron chi connectivity index (χ3n) is 5.27. The molecule has 1 N–H and O–H groups in total. The molecule has 2 aromatic heterocycles. The fraction of sp³-hybridized carbons (Fsp3) is 0.450. The van der Waals surface area contributed by atoms with Crippen LogP contribution in [0.3, 0.4) is 0 Å². The summed E-state index contributed by atoms with van der Waals surface area (Å²) >= 11 is 0. The zero-order valence-corrected chi connectivity index (χ0v) is 16.2. The fourth-order valence-corrected chi connectivity index (χ4v) is 3.78. The number of carbonyl (C=O) groups excluding carboxylic acids is 1. The molecule has 0 saturated carbocycles. The fourth-order valence-electron chi connectivity index (χ4n) is 3.78. The first-order chi connectivity index (χ1) is 13.5. The van der Waals surface area contributed by atoms with Gasteiger partial charge < -0.3 is 9.88 Å². The van der Waals surface area contributed by atoms with Crippen LogP contribution in [0.1, 0.15) is 29.8 Å². The number of likely N-dealkylation sites (tertiary alicyclic amines) is 1. The van der Waals surface area contributed by atoms with Crippen LogP contribution in [0, 0.1) is 19.8 Å². The van der Waals surface area contributed by atoms with Crippen LogP contribution >= 0.6 is 0 Å². The molecule has 0 spiro atoms. The minimum absolute atomic E-state index is 0.155. The van der Waals surface area contributed by atoms with Gasteiger partial charge in [0.25, 0.3) is 5.56 Å². The highest BCUT2D eigenvalue weighted by molar-refractivity contribution is 5.78. The van der Waals surface area contributed by atoms with Gasteiger partial charge in [-0.05, 0) is 38.2 Å². The molecule has 3 aromatic rings. The molecule has 1 saturated heterocycles. The topological polar surface area (TPSA) is 96.8 Å². The first-order valence-corrected chi connectivity index (χ1v) is 9.63. The third-order valence-corrected chi connectivity index (χ3v) is 5.27. The number of hydrogen-bond donors (Lipinski definition) is 1. The van der Waals surface area contributed by atoms with Crippen LogP contribution < -0.4 is 5.56 Å². The minimum Gasteiger partial charge on any atom is -0.342 e. The molecule has 3 heterocycles.